The van der Waals surface area contributed by atoms with Crippen molar-refractivity contribution in [3.8, 4) is 0 Å². The van der Waals surface area contributed by atoms with Gasteiger partial charge in [-0.1, -0.05) is 38.5 Å². The van der Waals surface area contributed by atoms with E-state index in [1.54, 1.807) is 7.05 Å². The predicted molar refractivity (Wildman–Crippen MR) is 103 cm³/mol. The van der Waals surface area contributed by atoms with E-state index in [1.165, 1.54) is 11.6 Å². The Labute approximate surface area is 150 Å². The van der Waals surface area contributed by atoms with E-state index in [0.29, 0.717) is 5.84 Å². The number of aliphatic hydroxyl groups excluding tert-OH is 1. The Morgan fingerprint density at radius 3 is 2.52 bits per heavy atom. The first-order valence-corrected chi connectivity index (χ1v) is 8.74. The van der Waals surface area contributed by atoms with Crippen molar-refractivity contribution in [1.29, 1.82) is 0 Å². The number of amides is 1. The third-order valence-electron chi connectivity index (χ3n) is 4.46. The maximum atomic E-state index is 12.8. The van der Waals surface area contributed by atoms with Crippen molar-refractivity contribution in [2.45, 2.75) is 46.6 Å². The van der Waals surface area contributed by atoms with Gasteiger partial charge in [0.05, 0.1) is 0 Å². The summed E-state index contributed by atoms with van der Waals surface area (Å²) in [6, 6.07) is 8.02. The van der Waals surface area contributed by atoms with Crippen molar-refractivity contribution < 1.29 is 9.90 Å². The van der Waals surface area contributed by atoms with Crippen molar-refractivity contribution in [2.24, 2.45) is 10.4 Å². The number of rotatable bonds is 3. The second kappa shape index (κ2) is 7.72. The van der Waals surface area contributed by atoms with Crippen LogP contribution in [0.2, 0.25) is 0 Å². The topological polar surface area (TPSA) is 64.9 Å². The summed E-state index contributed by atoms with van der Waals surface area (Å²) in [4.78, 5) is 19.0. The van der Waals surface area contributed by atoms with Gasteiger partial charge in [-0.05, 0) is 31.9 Å². The summed E-state index contributed by atoms with van der Waals surface area (Å²) in [5.41, 5.74) is 1.88. The van der Waals surface area contributed by atoms with Crippen LogP contribution >= 0.6 is 0 Å². The van der Waals surface area contributed by atoms with Crippen molar-refractivity contribution in [3.63, 3.8) is 0 Å². The second-order valence-electron chi connectivity index (χ2n) is 7.56. The Hall–Kier alpha value is -2.30. The molecule has 5 heteroatoms. The summed E-state index contributed by atoms with van der Waals surface area (Å²) in [6.07, 6.45) is 3.32. The van der Waals surface area contributed by atoms with Gasteiger partial charge in [-0.15, -0.1) is 0 Å². The van der Waals surface area contributed by atoms with E-state index in [0.717, 1.165) is 25.1 Å². The molecule has 25 heavy (non-hydrogen) atoms. The summed E-state index contributed by atoms with van der Waals surface area (Å²) < 4.78 is 0. The lowest BCUT2D eigenvalue weighted by Gasteiger charge is -2.26. The van der Waals surface area contributed by atoms with Gasteiger partial charge in [0, 0.05) is 30.8 Å². The number of aryl methyl sites for hydroxylation is 1. The maximum Gasteiger partial charge on any atom is 0.248 e. The fraction of sp³-hybridized carbons (Fsp3) is 0.500. The van der Waals surface area contributed by atoms with Crippen LogP contribution in [0.4, 0.5) is 5.69 Å². The van der Waals surface area contributed by atoms with Crippen molar-refractivity contribution in [3.05, 3.63) is 41.7 Å². The van der Waals surface area contributed by atoms with Gasteiger partial charge in [0.15, 0.2) is 0 Å². The standard InChI is InChI=1S/C20H29N3O2/c1-14-8-10-15(11-9-14)23-12-6-7-16(23)19(25)22-18(21-5)13-17(24)20(2,3)4/h8-11,13,16,24H,6-7,12H2,1-5H3,(H,21,22,25)/b17-13-/t16-/m0/s1. The van der Waals surface area contributed by atoms with E-state index in [9.17, 15) is 9.90 Å². The minimum absolute atomic E-state index is 0.0864. The van der Waals surface area contributed by atoms with Crippen LogP contribution in [0.1, 0.15) is 39.2 Å². The van der Waals surface area contributed by atoms with E-state index in [4.69, 9.17) is 0 Å². The van der Waals surface area contributed by atoms with Gasteiger partial charge >= 0.3 is 0 Å². The molecule has 0 unspecified atom stereocenters. The van der Waals surface area contributed by atoms with Crippen LogP contribution in [0, 0.1) is 12.3 Å². The normalized spacial score (nSPS) is 19.2. The molecule has 0 saturated carbocycles. The number of hydrogen-bond acceptors (Lipinski definition) is 4. The van der Waals surface area contributed by atoms with Crippen LogP contribution in [-0.2, 0) is 4.79 Å². The molecule has 2 N–H and O–H groups in total. The number of allylic oxidation sites excluding steroid dienone is 1. The van der Waals surface area contributed by atoms with E-state index in [-0.39, 0.29) is 23.1 Å². The summed E-state index contributed by atoms with van der Waals surface area (Å²) in [7, 11) is 1.61. The molecule has 1 aliphatic rings. The lowest BCUT2D eigenvalue weighted by atomic mass is 9.93. The van der Waals surface area contributed by atoms with Crippen LogP contribution in [-0.4, -0.2) is 36.5 Å². The third kappa shape index (κ3) is 4.84. The number of nitrogens with zero attached hydrogens (tertiary/aromatic N) is 2. The quantitative estimate of drug-likeness (QED) is 0.501. The highest BCUT2D eigenvalue weighted by Gasteiger charge is 2.31. The highest BCUT2D eigenvalue weighted by Crippen LogP contribution is 2.26. The number of nitrogens with one attached hydrogen (secondary N) is 1. The monoisotopic (exact) mass is 343 g/mol. The second-order valence-corrected chi connectivity index (χ2v) is 7.56. The number of aliphatic imine (C=N–C) groups is 1. The average Bonchev–Trinajstić information content (AvgIpc) is 3.03. The molecule has 1 aliphatic heterocycles. The molecule has 0 aromatic heterocycles. The van der Waals surface area contributed by atoms with E-state index >= 15 is 0 Å². The zero-order chi connectivity index (χ0) is 18.6. The van der Waals surface area contributed by atoms with Gasteiger partial charge in [0.1, 0.15) is 17.6 Å². The fourth-order valence-electron chi connectivity index (χ4n) is 2.80. The highest BCUT2D eigenvalue weighted by molar-refractivity contribution is 6.06. The Bertz CT molecular complexity index is 669. The molecule has 0 spiro atoms. The number of hydrogen-bond donors (Lipinski definition) is 2. The Morgan fingerprint density at radius 1 is 1.32 bits per heavy atom. The van der Waals surface area contributed by atoms with Gasteiger partial charge in [0.2, 0.25) is 5.91 Å². The highest BCUT2D eigenvalue weighted by atomic mass is 16.3. The predicted octanol–water partition coefficient (Wildman–Crippen LogP) is 3.60. The number of carbonyl (C=O) groups is 1. The average molecular weight is 343 g/mol. The smallest absolute Gasteiger partial charge is 0.248 e. The number of carbonyl (C=O) groups excluding carboxylic acids is 1. The Morgan fingerprint density at radius 2 is 1.96 bits per heavy atom. The molecule has 1 amide bonds. The number of aliphatic hydroxyl groups is 1. The van der Waals surface area contributed by atoms with Gasteiger partial charge in [0.25, 0.3) is 0 Å². The number of amidine groups is 1. The molecule has 136 valence electrons. The van der Waals surface area contributed by atoms with Crippen molar-refractivity contribution >= 4 is 17.4 Å². The Kier molecular flexibility index (Phi) is 5.88. The fourth-order valence-corrected chi connectivity index (χ4v) is 2.80. The van der Waals surface area contributed by atoms with Crippen LogP contribution in [0.25, 0.3) is 0 Å². The SMILES string of the molecule is C/N=C(\C=C(/O)C(C)(C)C)NC(=O)[C@@H]1CCCN1c1ccc(C)cc1. The van der Waals surface area contributed by atoms with Crippen molar-refractivity contribution in [2.75, 3.05) is 18.5 Å². The van der Waals surface area contributed by atoms with Crippen LogP contribution in [0.3, 0.4) is 0 Å². The van der Waals surface area contributed by atoms with Crippen LogP contribution in [0.15, 0.2) is 41.1 Å². The lowest BCUT2D eigenvalue weighted by Crippen LogP contribution is -2.45. The zero-order valence-electron chi connectivity index (χ0n) is 15.8. The van der Waals surface area contributed by atoms with Gasteiger partial charge < -0.3 is 15.3 Å². The number of anilines is 1. The maximum absolute atomic E-state index is 12.8. The van der Waals surface area contributed by atoms with E-state index in [2.05, 4.69) is 46.4 Å². The summed E-state index contributed by atoms with van der Waals surface area (Å²) in [6.45, 7) is 8.64. The summed E-state index contributed by atoms with van der Waals surface area (Å²) in [5, 5.41) is 13.0. The molecule has 5 nitrogen and oxygen atoms in total. The molecule has 1 aromatic rings. The summed E-state index contributed by atoms with van der Waals surface area (Å²) in [5.74, 6) is 0.486. The van der Waals surface area contributed by atoms with E-state index < -0.39 is 0 Å². The number of benzene rings is 1. The van der Waals surface area contributed by atoms with E-state index in [1.807, 2.05) is 20.8 Å². The minimum Gasteiger partial charge on any atom is -0.512 e. The zero-order valence-corrected chi connectivity index (χ0v) is 15.8. The van der Waals surface area contributed by atoms with Gasteiger partial charge in [-0.3, -0.25) is 9.79 Å². The lowest BCUT2D eigenvalue weighted by molar-refractivity contribution is -0.120. The first-order chi connectivity index (χ1) is 11.7. The van der Waals surface area contributed by atoms with Crippen LogP contribution < -0.4 is 10.2 Å². The molecule has 1 aromatic carbocycles. The molecule has 0 aliphatic carbocycles. The van der Waals surface area contributed by atoms with Crippen molar-refractivity contribution in [1.82, 2.24) is 5.32 Å². The molecule has 1 atom stereocenters. The first kappa shape index (κ1) is 19.0. The molecule has 0 bridgehead atoms. The molecule has 1 saturated heterocycles. The molecular weight excluding hydrogens is 314 g/mol. The third-order valence-corrected chi connectivity index (χ3v) is 4.46. The molecule has 1 fully saturated rings. The molecular formula is C20H29N3O2. The minimum atomic E-state index is -0.387. The Balaban J connectivity index is 2.12. The molecule has 1 heterocycles. The first-order valence-electron chi connectivity index (χ1n) is 8.74. The molecule has 2 rings (SSSR count). The molecule has 0 radical (unpaired) electrons. The largest absolute Gasteiger partial charge is 0.512 e. The van der Waals surface area contributed by atoms with Gasteiger partial charge in [-0.2, -0.15) is 0 Å². The van der Waals surface area contributed by atoms with Gasteiger partial charge in [-0.25, -0.2) is 0 Å². The summed E-state index contributed by atoms with van der Waals surface area (Å²) >= 11 is 0. The van der Waals surface area contributed by atoms with Crippen LogP contribution in [0.5, 0.6) is 0 Å².